The minimum Gasteiger partial charge on any atom is -0.338 e. The van der Waals surface area contributed by atoms with Gasteiger partial charge in [-0.15, -0.1) is 0 Å². The molecule has 0 bridgehead atoms. The lowest BCUT2D eigenvalue weighted by Crippen LogP contribution is -2.45. The molecular formula is C14H19FN6. The van der Waals surface area contributed by atoms with Gasteiger partial charge in [0, 0.05) is 33.2 Å². The van der Waals surface area contributed by atoms with E-state index in [-0.39, 0.29) is 0 Å². The second-order valence-electron chi connectivity index (χ2n) is 5.45. The first-order valence-corrected chi connectivity index (χ1v) is 7.01. The van der Waals surface area contributed by atoms with Gasteiger partial charge in [0.2, 0.25) is 5.95 Å². The van der Waals surface area contributed by atoms with Crippen LogP contribution in [0.3, 0.4) is 0 Å². The number of likely N-dealkylation sites (N-methyl/N-ethyl adjacent to an activating group) is 1. The van der Waals surface area contributed by atoms with Gasteiger partial charge >= 0.3 is 0 Å². The molecule has 0 N–H and O–H groups in total. The standard InChI is InChI=1S/C14H19FN6/c1-10-8-12(20(3)18-10)13-11(15)9-16-14(17-13)21-6-4-19(2)5-7-21/h8-9H,4-7H2,1-3H3. The Hall–Kier alpha value is -2.02. The van der Waals surface area contributed by atoms with Crippen LogP contribution in [-0.4, -0.2) is 57.9 Å². The van der Waals surface area contributed by atoms with Crippen molar-refractivity contribution in [1.29, 1.82) is 0 Å². The smallest absolute Gasteiger partial charge is 0.226 e. The molecule has 0 spiro atoms. The number of aryl methyl sites for hydroxylation is 2. The predicted octanol–water partition coefficient (Wildman–Crippen LogP) is 1.08. The number of anilines is 1. The fraction of sp³-hybridized carbons (Fsp3) is 0.500. The highest BCUT2D eigenvalue weighted by Crippen LogP contribution is 2.23. The van der Waals surface area contributed by atoms with Gasteiger partial charge in [0.25, 0.3) is 0 Å². The molecule has 21 heavy (non-hydrogen) atoms. The lowest BCUT2D eigenvalue weighted by Gasteiger charge is -2.32. The Morgan fingerprint density at radius 3 is 2.48 bits per heavy atom. The van der Waals surface area contributed by atoms with Gasteiger partial charge in [0.05, 0.1) is 17.6 Å². The van der Waals surface area contributed by atoms with Gasteiger partial charge < -0.3 is 9.80 Å². The predicted molar refractivity (Wildman–Crippen MR) is 78.6 cm³/mol. The number of aromatic nitrogens is 4. The van der Waals surface area contributed by atoms with Crippen molar-refractivity contribution in [1.82, 2.24) is 24.6 Å². The number of hydrogen-bond donors (Lipinski definition) is 0. The molecule has 7 heteroatoms. The molecule has 0 saturated carbocycles. The molecule has 0 unspecified atom stereocenters. The summed E-state index contributed by atoms with van der Waals surface area (Å²) in [6.45, 7) is 5.50. The molecule has 2 aromatic rings. The van der Waals surface area contributed by atoms with E-state index >= 15 is 0 Å². The zero-order valence-electron chi connectivity index (χ0n) is 12.5. The highest BCUT2D eigenvalue weighted by Gasteiger charge is 2.20. The van der Waals surface area contributed by atoms with Crippen LogP contribution in [0.15, 0.2) is 12.3 Å². The zero-order chi connectivity index (χ0) is 15.0. The fourth-order valence-corrected chi connectivity index (χ4v) is 2.53. The molecule has 1 aliphatic heterocycles. The second kappa shape index (κ2) is 5.40. The first-order chi connectivity index (χ1) is 10.0. The van der Waals surface area contributed by atoms with E-state index in [0.29, 0.717) is 17.3 Å². The third-order valence-electron chi connectivity index (χ3n) is 3.76. The van der Waals surface area contributed by atoms with Crippen LogP contribution < -0.4 is 4.90 Å². The zero-order valence-corrected chi connectivity index (χ0v) is 12.5. The Bertz CT molecular complexity index is 645. The number of halogens is 1. The van der Waals surface area contributed by atoms with E-state index in [1.54, 1.807) is 11.7 Å². The van der Waals surface area contributed by atoms with Gasteiger partial charge in [-0.2, -0.15) is 5.10 Å². The summed E-state index contributed by atoms with van der Waals surface area (Å²) in [6, 6.07) is 1.83. The SMILES string of the molecule is Cc1cc(-c2nc(N3CCN(C)CC3)ncc2F)n(C)n1. The lowest BCUT2D eigenvalue weighted by molar-refractivity contribution is 0.311. The fourth-order valence-electron chi connectivity index (χ4n) is 2.53. The Morgan fingerprint density at radius 1 is 1.14 bits per heavy atom. The summed E-state index contributed by atoms with van der Waals surface area (Å²) in [5.74, 6) is 0.161. The monoisotopic (exact) mass is 290 g/mol. The van der Waals surface area contributed by atoms with Crippen molar-refractivity contribution in [3.63, 3.8) is 0 Å². The molecule has 1 fully saturated rings. The molecule has 0 atom stereocenters. The van der Waals surface area contributed by atoms with E-state index in [9.17, 15) is 4.39 Å². The van der Waals surface area contributed by atoms with Crippen molar-refractivity contribution in [2.75, 3.05) is 38.1 Å². The Labute approximate surface area is 123 Å². The maximum Gasteiger partial charge on any atom is 0.226 e. The topological polar surface area (TPSA) is 50.1 Å². The van der Waals surface area contributed by atoms with E-state index in [4.69, 9.17) is 0 Å². The van der Waals surface area contributed by atoms with Gasteiger partial charge in [-0.05, 0) is 20.0 Å². The Kier molecular flexibility index (Phi) is 3.59. The van der Waals surface area contributed by atoms with Gasteiger partial charge in [-0.25, -0.2) is 14.4 Å². The first kappa shape index (κ1) is 13.9. The van der Waals surface area contributed by atoms with Crippen LogP contribution in [0.1, 0.15) is 5.69 Å². The van der Waals surface area contributed by atoms with E-state index in [0.717, 1.165) is 31.9 Å². The minimum atomic E-state index is -0.420. The van der Waals surface area contributed by atoms with E-state index in [1.807, 2.05) is 13.0 Å². The van der Waals surface area contributed by atoms with Crippen LogP contribution in [0.5, 0.6) is 0 Å². The van der Waals surface area contributed by atoms with Crippen LogP contribution in [0.25, 0.3) is 11.4 Å². The summed E-state index contributed by atoms with van der Waals surface area (Å²) >= 11 is 0. The molecule has 0 aliphatic carbocycles. The van der Waals surface area contributed by atoms with Gasteiger partial charge in [-0.3, -0.25) is 4.68 Å². The quantitative estimate of drug-likeness (QED) is 0.828. The van der Waals surface area contributed by atoms with Crippen molar-refractivity contribution in [2.45, 2.75) is 6.92 Å². The van der Waals surface area contributed by atoms with Crippen LogP contribution in [0.4, 0.5) is 10.3 Å². The molecule has 3 heterocycles. The van der Waals surface area contributed by atoms with Crippen molar-refractivity contribution < 1.29 is 4.39 Å². The third-order valence-corrected chi connectivity index (χ3v) is 3.76. The number of rotatable bonds is 2. The highest BCUT2D eigenvalue weighted by atomic mass is 19.1. The lowest BCUT2D eigenvalue weighted by atomic mass is 10.2. The Balaban J connectivity index is 1.95. The molecule has 1 aliphatic rings. The summed E-state index contributed by atoms with van der Waals surface area (Å²) in [4.78, 5) is 12.9. The summed E-state index contributed by atoms with van der Waals surface area (Å²) in [7, 11) is 3.88. The molecule has 6 nitrogen and oxygen atoms in total. The largest absolute Gasteiger partial charge is 0.338 e. The average Bonchev–Trinajstić information content (AvgIpc) is 2.79. The second-order valence-corrected chi connectivity index (χ2v) is 5.45. The van der Waals surface area contributed by atoms with Crippen LogP contribution in [0.2, 0.25) is 0 Å². The van der Waals surface area contributed by atoms with Crippen LogP contribution in [0, 0.1) is 12.7 Å². The minimum absolute atomic E-state index is 0.307. The third kappa shape index (κ3) is 2.73. The molecule has 3 rings (SSSR count). The van der Waals surface area contributed by atoms with Crippen LogP contribution >= 0.6 is 0 Å². The van der Waals surface area contributed by atoms with E-state index in [1.165, 1.54) is 6.20 Å². The first-order valence-electron chi connectivity index (χ1n) is 7.01. The molecule has 2 aromatic heterocycles. The Morgan fingerprint density at radius 2 is 1.86 bits per heavy atom. The molecule has 1 saturated heterocycles. The summed E-state index contributed by atoms with van der Waals surface area (Å²) < 4.78 is 15.7. The van der Waals surface area contributed by atoms with Crippen LogP contribution in [-0.2, 0) is 7.05 Å². The van der Waals surface area contributed by atoms with E-state index < -0.39 is 5.82 Å². The maximum absolute atomic E-state index is 14.1. The highest BCUT2D eigenvalue weighted by molar-refractivity contribution is 5.57. The number of piperazine rings is 1. The van der Waals surface area contributed by atoms with Gasteiger partial charge in [0.1, 0.15) is 5.69 Å². The van der Waals surface area contributed by atoms with Gasteiger partial charge in [0.15, 0.2) is 5.82 Å². The van der Waals surface area contributed by atoms with Crippen molar-refractivity contribution in [3.05, 3.63) is 23.8 Å². The molecular weight excluding hydrogens is 271 g/mol. The maximum atomic E-state index is 14.1. The number of nitrogens with zero attached hydrogens (tertiary/aromatic N) is 6. The van der Waals surface area contributed by atoms with Crippen molar-refractivity contribution in [3.8, 4) is 11.4 Å². The molecule has 112 valence electrons. The normalized spacial score (nSPS) is 16.5. The molecule has 0 radical (unpaired) electrons. The number of hydrogen-bond acceptors (Lipinski definition) is 5. The van der Waals surface area contributed by atoms with Gasteiger partial charge in [-0.1, -0.05) is 0 Å². The van der Waals surface area contributed by atoms with Crippen molar-refractivity contribution in [2.24, 2.45) is 7.05 Å². The van der Waals surface area contributed by atoms with Crippen molar-refractivity contribution >= 4 is 5.95 Å². The average molecular weight is 290 g/mol. The van der Waals surface area contributed by atoms with E-state index in [2.05, 4.69) is 31.9 Å². The molecule has 0 aromatic carbocycles. The molecule has 0 amide bonds. The summed E-state index contributed by atoms with van der Waals surface area (Å²) in [5, 5.41) is 4.25. The summed E-state index contributed by atoms with van der Waals surface area (Å²) in [6.07, 6.45) is 1.25. The summed E-state index contributed by atoms with van der Waals surface area (Å²) in [5.41, 5.74) is 1.82.